The predicted molar refractivity (Wildman–Crippen MR) is 33.0 cm³/mol. The lowest BCUT2D eigenvalue weighted by molar-refractivity contribution is -0.154. The Morgan fingerprint density at radius 2 is 2.22 bits per heavy atom. The van der Waals surface area contributed by atoms with Crippen molar-refractivity contribution >= 4 is 5.97 Å². The topological polar surface area (TPSA) is 38.3 Å². The number of carbonyl (C=O) groups excluding carboxylic acids is 1. The molecule has 0 saturated carbocycles. The third kappa shape index (κ3) is 0.920. The lowest BCUT2D eigenvalue weighted by atomic mass is 9.84. The molecule has 52 valence electrons. The maximum atomic E-state index is 10.9. The summed E-state index contributed by atoms with van der Waals surface area (Å²) in [5.74, 6) is -0.110. The summed E-state index contributed by atoms with van der Waals surface area (Å²) in [5.41, 5.74) is -0.241. The van der Waals surface area contributed by atoms with Gasteiger partial charge in [0.2, 0.25) is 0 Å². The van der Waals surface area contributed by atoms with E-state index in [0.717, 1.165) is 13.1 Å². The van der Waals surface area contributed by atoms with Gasteiger partial charge in [0.05, 0.1) is 12.5 Å². The lowest BCUT2D eigenvalue weighted by Crippen LogP contribution is -2.56. The SMILES string of the molecule is COC(=O)C1(C)CNC1. The number of rotatable bonds is 1. The standard InChI is InChI=1S/C6H11NO2/c1-6(3-7-4-6)5(8)9-2/h7H,3-4H2,1-2H3. The van der Waals surface area contributed by atoms with Crippen LogP contribution in [-0.2, 0) is 9.53 Å². The summed E-state index contributed by atoms with van der Waals surface area (Å²) in [5, 5.41) is 3.02. The lowest BCUT2D eigenvalue weighted by Gasteiger charge is -2.35. The monoisotopic (exact) mass is 129 g/mol. The van der Waals surface area contributed by atoms with Crippen LogP contribution in [0.5, 0.6) is 0 Å². The van der Waals surface area contributed by atoms with E-state index in [1.165, 1.54) is 7.11 Å². The quantitative estimate of drug-likeness (QED) is 0.497. The average Bonchev–Trinajstić information content (AvgIpc) is 1.81. The average molecular weight is 129 g/mol. The number of carbonyl (C=O) groups is 1. The van der Waals surface area contributed by atoms with Gasteiger partial charge in [0, 0.05) is 13.1 Å². The van der Waals surface area contributed by atoms with Crippen molar-refractivity contribution in [1.29, 1.82) is 0 Å². The summed E-state index contributed by atoms with van der Waals surface area (Å²) in [7, 11) is 1.42. The van der Waals surface area contributed by atoms with Crippen LogP contribution in [0.15, 0.2) is 0 Å². The zero-order chi connectivity index (χ0) is 6.91. The van der Waals surface area contributed by atoms with E-state index in [1.807, 2.05) is 6.92 Å². The fourth-order valence-corrected chi connectivity index (χ4v) is 0.891. The van der Waals surface area contributed by atoms with Gasteiger partial charge < -0.3 is 10.1 Å². The second-order valence-corrected chi connectivity index (χ2v) is 2.66. The van der Waals surface area contributed by atoms with Gasteiger partial charge in [-0.25, -0.2) is 0 Å². The first kappa shape index (κ1) is 6.55. The molecule has 0 aromatic rings. The Morgan fingerprint density at radius 1 is 1.67 bits per heavy atom. The molecule has 0 unspecified atom stereocenters. The van der Waals surface area contributed by atoms with Gasteiger partial charge in [0.25, 0.3) is 0 Å². The molecule has 1 aliphatic heterocycles. The van der Waals surface area contributed by atoms with Gasteiger partial charge in [-0.2, -0.15) is 0 Å². The van der Waals surface area contributed by atoms with Crippen LogP contribution < -0.4 is 5.32 Å². The van der Waals surface area contributed by atoms with Crippen LogP contribution in [0.25, 0.3) is 0 Å². The molecule has 0 aliphatic carbocycles. The maximum absolute atomic E-state index is 10.9. The first-order chi connectivity index (χ1) is 4.19. The van der Waals surface area contributed by atoms with Crippen LogP contribution in [-0.4, -0.2) is 26.2 Å². The van der Waals surface area contributed by atoms with Crippen LogP contribution in [0.1, 0.15) is 6.92 Å². The maximum Gasteiger partial charge on any atom is 0.314 e. The smallest absolute Gasteiger partial charge is 0.314 e. The molecule has 0 atom stereocenters. The molecule has 3 heteroatoms. The molecule has 0 aromatic heterocycles. The minimum Gasteiger partial charge on any atom is -0.469 e. The summed E-state index contributed by atoms with van der Waals surface area (Å²) in [6, 6.07) is 0. The molecule has 0 bridgehead atoms. The van der Waals surface area contributed by atoms with Gasteiger partial charge in [-0.15, -0.1) is 0 Å². The van der Waals surface area contributed by atoms with E-state index < -0.39 is 0 Å². The van der Waals surface area contributed by atoms with E-state index in [9.17, 15) is 4.79 Å². The number of esters is 1. The zero-order valence-corrected chi connectivity index (χ0v) is 5.73. The Morgan fingerprint density at radius 3 is 2.33 bits per heavy atom. The minimum absolute atomic E-state index is 0.110. The fourth-order valence-electron chi connectivity index (χ4n) is 0.891. The second-order valence-electron chi connectivity index (χ2n) is 2.66. The zero-order valence-electron chi connectivity index (χ0n) is 5.73. The molecule has 0 aromatic carbocycles. The highest BCUT2D eigenvalue weighted by molar-refractivity contribution is 5.77. The summed E-state index contributed by atoms with van der Waals surface area (Å²) in [6.07, 6.45) is 0. The summed E-state index contributed by atoms with van der Waals surface area (Å²) in [4.78, 5) is 10.9. The Labute approximate surface area is 54.4 Å². The van der Waals surface area contributed by atoms with E-state index in [-0.39, 0.29) is 11.4 Å². The minimum atomic E-state index is -0.241. The molecule has 1 heterocycles. The molecular formula is C6H11NO2. The van der Waals surface area contributed by atoms with Crippen molar-refractivity contribution in [2.24, 2.45) is 5.41 Å². The van der Waals surface area contributed by atoms with Crippen LogP contribution in [0.4, 0.5) is 0 Å². The van der Waals surface area contributed by atoms with Gasteiger partial charge in [-0.1, -0.05) is 0 Å². The molecule has 1 rings (SSSR count). The van der Waals surface area contributed by atoms with Gasteiger partial charge in [-0.3, -0.25) is 4.79 Å². The van der Waals surface area contributed by atoms with E-state index >= 15 is 0 Å². The highest BCUT2D eigenvalue weighted by Gasteiger charge is 2.40. The van der Waals surface area contributed by atoms with Crippen LogP contribution in [0, 0.1) is 5.41 Å². The number of hydrogen-bond donors (Lipinski definition) is 1. The molecule has 9 heavy (non-hydrogen) atoms. The third-order valence-corrected chi connectivity index (χ3v) is 1.71. The first-order valence-corrected chi connectivity index (χ1v) is 2.98. The first-order valence-electron chi connectivity index (χ1n) is 2.98. The number of nitrogens with one attached hydrogen (secondary N) is 1. The molecule has 0 spiro atoms. The fraction of sp³-hybridized carbons (Fsp3) is 0.833. The molecule has 1 fully saturated rings. The van der Waals surface area contributed by atoms with Crippen molar-refractivity contribution in [3.05, 3.63) is 0 Å². The van der Waals surface area contributed by atoms with Gasteiger partial charge in [0.1, 0.15) is 0 Å². The predicted octanol–water partition coefficient (Wildman–Crippen LogP) is -0.231. The van der Waals surface area contributed by atoms with E-state index in [1.54, 1.807) is 0 Å². The summed E-state index contributed by atoms with van der Waals surface area (Å²) < 4.78 is 4.58. The van der Waals surface area contributed by atoms with Crippen molar-refractivity contribution in [3.8, 4) is 0 Å². The normalized spacial score (nSPS) is 22.4. The van der Waals surface area contributed by atoms with Crippen LogP contribution >= 0.6 is 0 Å². The van der Waals surface area contributed by atoms with Gasteiger partial charge in [0.15, 0.2) is 0 Å². The Balaban J connectivity index is 2.49. The van der Waals surface area contributed by atoms with Crippen molar-refractivity contribution in [1.82, 2.24) is 5.32 Å². The third-order valence-electron chi connectivity index (χ3n) is 1.71. The summed E-state index contributed by atoms with van der Waals surface area (Å²) in [6.45, 7) is 3.40. The largest absolute Gasteiger partial charge is 0.469 e. The highest BCUT2D eigenvalue weighted by atomic mass is 16.5. The van der Waals surface area contributed by atoms with E-state index in [0.29, 0.717) is 0 Å². The van der Waals surface area contributed by atoms with Crippen LogP contribution in [0.2, 0.25) is 0 Å². The number of ether oxygens (including phenoxy) is 1. The molecule has 0 amide bonds. The van der Waals surface area contributed by atoms with Crippen molar-refractivity contribution in [2.45, 2.75) is 6.92 Å². The summed E-state index contributed by atoms with van der Waals surface area (Å²) >= 11 is 0. The van der Waals surface area contributed by atoms with Crippen molar-refractivity contribution in [3.63, 3.8) is 0 Å². The second kappa shape index (κ2) is 1.99. The number of hydrogen-bond acceptors (Lipinski definition) is 3. The molecular weight excluding hydrogens is 118 g/mol. The Bertz CT molecular complexity index is 129. The molecule has 1 saturated heterocycles. The molecule has 3 nitrogen and oxygen atoms in total. The highest BCUT2D eigenvalue weighted by Crippen LogP contribution is 2.22. The molecule has 1 N–H and O–H groups in total. The van der Waals surface area contributed by atoms with Gasteiger partial charge in [-0.05, 0) is 6.92 Å². The molecule has 1 aliphatic rings. The van der Waals surface area contributed by atoms with Gasteiger partial charge >= 0.3 is 5.97 Å². The Hall–Kier alpha value is -0.570. The molecule has 0 radical (unpaired) electrons. The van der Waals surface area contributed by atoms with E-state index in [2.05, 4.69) is 10.1 Å². The Kier molecular flexibility index (Phi) is 1.45. The number of methoxy groups -OCH3 is 1. The van der Waals surface area contributed by atoms with E-state index in [4.69, 9.17) is 0 Å². The van der Waals surface area contributed by atoms with Crippen molar-refractivity contribution < 1.29 is 9.53 Å². The van der Waals surface area contributed by atoms with Crippen LogP contribution in [0.3, 0.4) is 0 Å². The van der Waals surface area contributed by atoms with Crippen molar-refractivity contribution in [2.75, 3.05) is 20.2 Å².